The Bertz CT molecular complexity index is 265. The summed E-state index contributed by atoms with van der Waals surface area (Å²) in [6.45, 7) is 0. The normalized spacial score (nSPS) is 9.67. The Balaban J connectivity index is 3.18. The molecule has 4 heteroatoms. The second kappa shape index (κ2) is 4.14. The van der Waals surface area contributed by atoms with E-state index in [1.54, 1.807) is 7.11 Å². The van der Waals surface area contributed by atoms with E-state index >= 15 is 0 Å². The van der Waals surface area contributed by atoms with Gasteiger partial charge in [0.2, 0.25) is 0 Å². The molecule has 0 aliphatic heterocycles. The number of hydrogen-bond donors (Lipinski definition) is 1. The van der Waals surface area contributed by atoms with Gasteiger partial charge in [-0.2, -0.15) is 0 Å². The van der Waals surface area contributed by atoms with Gasteiger partial charge in [-0.25, -0.2) is 0 Å². The van der Waals surface area contributed by atoms with E-state index in [1.807, 2.05) is 19.2 Å². The molecule has 0 aliphatic rings. The van der Waals surface area contributed by atoms with Crippen LogP contribution in [-0.2, 0) is 0 Å². The summed E-state index contributed by atoms with van der Waals surface area (Å²) in [5.74, 6) is 0.827. The molecular weight excluding hydrogens is 286 g/mol. The van der Waals surface area contributed by atoms with Crippen LogP contribution in [0.5, 0.6) is 5.75 Å². The molecule has 0 heterocycles. The Kier molecular flexibility index (Phi) is 3.40. The third-order valence-corrected chi connectivity index (χ3v) is 2.75. The highest BCUT2D eigenvalue weighted by atomic mass is 79.9. The Hall–Kier alpha value is -0.220. The maximum atomic E-state index is 5.09. The van der Waals surface area contributed by atoms with Crippen molar-refractivity contribution >= 4 is 37.5 Å². The van der Waals surface area contributed by atoms with Crippen LogP contribution in [0.3, 0.4) is 0 Å². The first-order chi connectivity index (χ1) is 5.69. The van der Waals surface area contributed by atoms with Crippen LogP contribution in [0.4, 0.5) is 5.69 Å². The van der Waals surface area contributed by atoms with Crippen LogP contribution < -0.4 is 10.1 Å². The number of benzene rings is 1. The van der Waals surface area contributed by atoms with Crippen LogP contribution in [0.1, 0.15) is 0 Å². The zero-order valence-electron chi connectivity index (χ0n) is 6.82. The van der Waals surface area contributed by atoms with Crippen molar-refractivity contribution < 1.29 is 4.74 Å². The highest BCUT2D eigenvalue weighted by Gasteiger charge is 2.05. The summed E-state index contributed by atoms with van der Waals surface area (Å²) in [7, 11) is 3.52. The lowest BCUT2D eigenvalue weighted by molar-refractivity contribution is 0.414. The van der Waals surface area contributed by atoms with Crippen LogP contribution in [-0.4, -0.2) is 14.2 Å². The molecule has 1 aromatic carbocycles. The van der Waals surface area contributed by atoms with Crippen molar-refractivity contribution in [3.05, 3.63) is 21.1 Å². The number of halogens is 2. The van der Waals surface area contributed by atoms with Gasteiger partial charge in [0.25, 0.3) is 0 Å². The second-order valence-corrected chi connectivity index (χ2v) is 3.92. The standard InChI is InChI=1S/C8H9Br2NO/c1-11-8-6(9)3-5(12-2)4-7(8)10/h3-4,11H,1-2H3. The summed E-state index contributed by atoms with van der Waals surface area (Å²) in [4.78, 5) is 0. The van der Waals surface area contributed by atoms with Crippen LogP contribution in [0.15, 0.2) is 21.1 Å². The number of ether oxygens (including phenoxy) is 1. The zero-order valence-corrected chi connectivity index (χ0v) is 9.99. The van der Waals surface area contributed by atoms with Crippen LogP contribution in [0.2, 0.25) is 0 Å². The maximum absolute atomic E-state index is 5.09. The summed E-state index contributed by atoms with van der Waals surface area (Å²) in [6, 6.07) is 3.83. The van der Waals surface area contributed by atoms with E-state index in [9.17, 15) is 0 Å². The molecule has 1 rings (SSSR count). The highest BCUT2D eigenvalue weighted by molar-refractivity contribution is 9.11. The second-order valence-electron chi connectivity index (χ2n) is 2.22. The minimum Gasteiger partial charge on any atom is -0.497 e. The summed E-state index contributed by atoms with van der Waals surface area (Å²) in [5, 5.41) is 3.07. The number of rotatable bonds is 2. The van der Waals surface area contributed by atoms with Crippen molar-refractivity contribution in [2.24, 2.45) is 0 Å². The largest absolute Gasteiger partial charge is 0.497 e. The minimum atomic E-state index is 0.827. The molecule has 0 saturated heterocycles. The van der Waals surface area contributed by atoms with Gasteiger partial charge in [0, 0.05) is 16.0 Å². The summed E-state index contributed by atoms with van der Waals surface area (Å²) in [6.07, 6.45) is 0. The molecule has 0 aromatic heterocycles. The molecule has 2 nitrogen and oxygen atoms in total. The van der Waals surface area contributed by atoms with Gasteiger partial charge in [0.05, 0.1) is 12.8 Å². The van der Waals surface area contributed by atoms with Gasteiger partial charge in [0.15, 0.2) is 0 Å². The van der Waals surface area contributed by atoms with E-state index in [-0.39, 0.29) is 0 Å². The molecule has 66 valence electrons. The minimum absolute atomic E-state index is 0.827. The third kappa shape index (κ3) is 1.93. The first kappa shape index (κ1) is 9.86. The quantitative estimate of drug-likeness (QED) is 0.904. The van der Waals surface area contributed by atoms with Gasteiger partial charge >= 0.3 is 0 Å². The summed E-state index contributed by atoms with van der Waals surface area (Å²) in [5.41, 5.74) is 1.02. The van der Waals surface area contributed by atoms with Crippen molar-refractivity contribution in [3.63, 3.8) is 0 Å². The first-order valence-electron chi connectivity index (χ1n) is 3.40. The smallest absolute Gasteiger partial charge is 0.121 e. The van der Waals surface area contributed by atoms with Gasteiger partial charge < -0.3 is 10.1 Å². The molecule has 0 atom stereocenters. The lowest BCUT2D eigenvalue weighted by Gasteiger charge is -2.08. The van der Waals surface area contributed by atoms with E-state index in [4.69, 9.17) is 4.74 Å². The molecule has 1 aromatic rings. The fourth-order valence-corrected chi connectivity index (χ4v) is 2.45. The van der Waals surface area contributed by atoms with E-state index < -0.39 is 0 Å². The Morgan fingerprint density at radius 2 is 1.75 bits per heavy atom. The molecular formula is C8H9Br2NO. The Morgan fingerprint density at radius 1 is 1.25 bits per heavy atom. The number of hydrogen-bond acceptors (Lipinski definition) is 2. The van der Waals surface area contributed by atoms with Gasteiger partial charge in [-0.1, -0.05) is 0 Å². The highest BCUT2D eigenvalue weighted by Crippen LogP contribution is 2.34. The monoisotopic (exact) mass is 293 g/mol. The molecule has 1 N–H and O–H groups in total. The van der Waals surface area contributed by atoms with Crippen molar-refractivity contribution in [3.8, 4) is 5.75 Å². The third-order valence-electron chi connectivity index (χ3n) is 1.50. The van der Waals surface area contributed by atoms with Crippen molar-refractivity contribution in [2.45, 2.75) is 0 Å². The molecule has 12 heavy (non-hydrogen) atoms. The van der Waals surface area contributed by atoms with Crippen LogP contribution in [0.25, 0.3) is 0 Å². The van der Waals surface area contributed by atoms with E-state index in [2.05, 4.69) is 37.2 Å². The number of nitrogens with one attached hydrogen (secondary N) is 1. The SMILES string of the molecule is CNc1c(Br)cc(OC)cc1Br. The fraction of sp³-hybridized carbons (Fsp3) is 0.250. The van der Waals surface area contributed by atoms with Crippen molar-refractivity contribution in [1.29, 1.82) is 0 Å². The van der Waals surface area contributed by atoms with Crippen LogP contribution >= 0.6 is 31.9 Å². The maximum Gasteiger partial charge on any atom is 0.121 e. The predicted molar refractivity (Wildman–Crippen MR) is 57.9 cm³/mol. The lowest BCUT2D eigenvalue weighted by atomic mass is 10.3. The average molecular weight is 295 g/mol. The molecule has 0 spiro atoms. The zero-order chi connectivity index (χ0) is 9.14. The van der Waals surface area contributed by atoms with Crippen molar-refractivity contribution in [2.75, 3.05) is 19.5 Å². The Labute approximate surface area is 88.6 Å². The molecule has 0 bridgehead atoms. The van der Waals surface area contributed by atoms with Gasteiger partial charge in [-0.05, 0) is 44.0 Å². The molecule has 0 unspecified atom stereocenters. The Morgan fingerprint density at radius 3 is 2.08 bits per heavy atom. The van der Waals surface area contributed by atoms with Crippen LogP contribution in [0, 0.1) is 0 Å². The molecule has 0 aliphatic carbocycles. The average Bonchev–Trinajstić information content (AvgIpc) is 2.03. The van der Waals surface area contributed by atoms with Gasteiger partial charge in [-0.3, -0.25) is 0 Å². The summed E-state index contributed by atoms with van der Waals surface area (Å²) < 4.78 is 7.05. The van der Waals surface area contributed by atoms with E-state index in [0.717, 1.165) is 20.4 Å². The predicted octanol–water partition coefficient (Wildman–Crippen LogP) is 3.26. The molecule has 0 radical (unpaired) electrons. The van der Waals surface area contributed by atoms with E-state index in [0.29, 0.717) is 0 Å². The first-order valence-corrected chi connectivity index (χ1v) is 4.98. The summed E-state index contributed by atoms with van der Waals surface area (Å²) >= 11 is 6.85. The van der Waals surface area contributed by atoms with Gasteiger partial charge in [-0.15, -0.1) is 0 Å². The number of methoxy groups -OCH3 is 1. The van der Waals surface area contributed by atoms with Crippen molar-refractivity contribution in [1.82, 2.24) is 0 Å². The molecule has 0 saturated carbocycles. The fourth-order valence-electron chi connectivity index (χ4n) is 0.907. The van der Waals surface area contributed by atoms with E-state index in [1.165, 1.54) is 0 Å². The molecule has 0 amide bonds. The number of anilines is 1. The topological polar surface area (TPSA) is 21.3 Å². The lowest BCUT2D eigenvalue weighted by Crippen LogP contribution is -1.92. The molecule has 0 fully saturated rings. The van der Waals surface area contributed by atoms with Gasteiger partial charge in [0.1, 0.15) is 5.75 Å².